The first-order chi connectivity index (χ1) is 12.1. The predicted molar refractivity (Wildman–Crippen MR) is 85.2 cm³/mol. The molecule has 1 fully saturated rings. The summed E-state index contributed by atoms with van der Waals surface area (Å²) in [6.45, 7) is 4.73. The number of halogens is 1. The quantitative estimate of drug-likeness (QED) is 0.764. The highest BCUT2D eigenvalue weighted by Gasteiger charge is 2.29. The van der Waals surface area contributed by atoms with E-state index in [2.05, 4.69) is 10.2 Å². The second kappa shape index (κ2) is 7.60. The van der Waals surface area contributed by atoms with E-state index in [9.17, 15) is 9.18 Å². The smallest absolute Gasteiger partial charge is 0.257 e. The summed E-state index contributed by atoms with van der Waals surface area (Å²) in [6, 6.07) is 6.17. The number of aromatic nitrogens is 2. The summed E-state index contributed by atoms with van der Waals surface area (Å²) in [5.74, 6) is 0.347. The first kappa shape index (κ1) is 17.3. The van der Waals surface area contributed by atoms with Crippen LogP contribution >= 0.6 is 0 Å². The predicted octanol–water partition coefficient (Wildman–Crippen LogP) is 2.49. The number of ether oxygens (including phenoxy) is 2. The summed E-state index contributed by atoms with van der Waals surface area (Å²) in [5.41, 5.74) is 0. The van der Waals surface area contributed by atoms with Crippen LogP contribution in [-0.4, -0.2) is 40.2 Å². The Balaban J connectivity index is 1.54. The first-order valence-corrected chi connectivity index (χ1v) is 8.17. The van der Waals surface area contributed by atoms with Crippen LogP contribution in [-0.2, 0) is 16.1 Å². The van der Waals surface area contributed by atoms with Crippen LogP contribution < -0.4 is 4.74 Å². The minimum atomic E-state index is -0.532. The zero-order valence-corrected chi connectivity index (χ0v) is 14.1. The zero-order valence-electron chi connectivity index (χ0n) is 14.1. The van der Waals surface area contributed by atoms with E-state index in [1.54, 1.807) is 23.1 Å². The van der Waals surface area contributed by atoms with Gasteiger partial charge in [0.2, 0.25) is 11.8 Å². The summed E-state index contributed by atoms with van der Waals surface area (Å²) < 4.78 is 30.5. The third-order valence-corrected chi connectivity index (χ3v) is 3.97. The number of carbonyl (C=O) groups is 1. The molecule has 1 aromatic heterocycles. The Morgan fingerprint density at radius 1 is 1.40 bits per heavy atom. The second-order valence-electron chi connectivity index (χ2n) is 5.84. The normalized spacial score (nSPS) is 15.7. The summed E-state index contributed by atoms with van der Waals surface area (Å²) in [5, 5.41) is 7.91. The number of hydrogen-bond acceptors (Lipinski definition) is 6. The number of benzene rings is 1. The van der Waals surface area contributed by atoms with Gasteiger partial charge in [0.25, 0.3) is 5.89 Å². The standard InChI is InChI=1S/C17H20FN3O4/c1-3-14(24-15-7-5-4-6-13(15)18)17-20-19-16(25-17)10-23-12-8-21(9-12)11(2)22/h4-7,12,14H,3,8-10H2,1-2H3. The van der Waals surface area contributed by atoms with Crippen LogP contribution in [0, 0.1) is 5.82 Å². The van der Waals surface area contributed by atoms with Gasteiger partial charge in [-0.15, -0.1) is 10.2 Å². The number of para-hydroxylation sites is 1. The molecule has 0 N–H and O–H groups in total. The van der Waals surface area contributed by atoms with Crippen molar-refractivity contribution in [3.8, 4) is 5.75 Å². The fourth-order valence-corrected chi connectivity index (χ4v) is 2.45. The van der Waals surface area contributed by atoms with Gasteiger partial charge in [0.15, 0.2) is 17.7 Å². The van der Waals surface area contributed by atoms with Gasteiger partial charge in [-0.3, -0.25) is 4.79 Å². The van der Waals surface area contributed by atoms with Gasteiger partial charge in [-0.2, -0.15) is 0 Å². The zero-order chi connectivity index (χ0) is 17.8. The lowest BCUT2D eigenvalue weighted by Gasteiger charge is -2.37. The summed E-state index contributed by atoms with van der Waals surface area (Å²) in [6.07, 6.45) is -0.00142. The largest absolute Gasteiger partial charge is 0.478 e. The van der Waals surface area contributed by atoms with E-state index in [0.717, 1.165) is 0 Å². The number of carbonyl (C=O) groups excluding carboxylic acids is 1. The van der Waals surface area contributed by atoms with Crippen molar-refractivity contribution in [3.05, 3.63) is 41.9 Å². The van der Waals surface area contributed by atoms with E-state index in [0.29, 0.717) is 25.4 Å². The van der Waals surface area contributed by atoms with Crippen LogP contribution in [0.15, 0.2) is 28.7 Å². The van der Waals surface area contributed by atoms with Gasteiger partial charge in [-0.1, -0.05) is 19.1 Å². The van der Waals surface area contributed by atoms with Crippen LogP contribution in [0.25, 0.3) is 0 Å². The third kappa shape index (κ3) is 4.14. The molecular weight excluding hydrogens is 329 g/mol. The van der Waals surface area contributed by atoms with Crippen molar-refractivity contribution in [1.82, 2.24) is 15.1 Å². The SMILES string of the molecule is CCC(Oc1ccccc1F)c1nnc(COC2CN(C(C)=O)C2)o1. The molecule has 8 heteroatoms. The Bertz CT molecular complexity index is 730. The van der Waals surface area contributed by atoms with Crippen molar-refractivity contribution in [2.24, 2.45) is 0 Å². The molecule has 3 rings (SSSR count). The van der Waals surface area contributed by atoms with Gasteiger partial charge >= 0.3 is 0 Å². The number of likely N-dealkylation sites (tertiary alicyclic amines) is 1. The molecule has 0 radical (unpaired) electrons. The van der Waals surface area contributed by atoms with E-state index in [-0.39, 0.29) is 30.3 Å². The molecule has 1 amide bonds. The molecule has 7 nitrogen and oxygen atoms in total. The van der Waals surface area contributed by atoms with Crippen molar-refractivity contribution in [1.29, 1.82) is 0 Å². The average Bonchev–Trinajstić information content (AvgIpc) is 3.01. The van der Waals surface area contributed by atoms with E-state index in [4.69, 9.17) is 13.9 Å². The van der Waals surface area contributed by atoms with Crippen molar-refractivity contribution in [3.63, 3.8) is 0 Å². The minimum absolute atomic E-state index is 0.0177. The molecule has 0 saturated carbocycles. The number of rotatable bonds is 7. The van der Waals surface area contributed by atoms with Crippen molar-refractivity contribution in [2.45, 2.75) is 39.1 Å². The summed E-state index contributed by atoms with van der Waals surface area (Å²) >= 11 is 0. The van der Waals surface area contributed by atoms with Gasteiger partial charge in [0, 0.05) is 20.0 Å². The van der Waals surface area contributed by atoms with Crippen molar-refractivity contribution in [2.75, 3.05) is 13.1 Å². The van der Waals surface area contributed by atoms with Gasteiger partial charge in [-0.05, 0) is 18.6 Å². The molecule has 1 atom stereocenters. The van der Waals surface area contributed by atoms with Crippen LogP contribution in [0.2, 0.25) is 0 Å². The molecular formula is C17H20FN3O4. The minimum Gasteiger partial charge on any atom is -0.478 e. The second-order valence-corrected chi connectivity index (χ2v) is 5.84. The summed E-state index contributed by atoms with van der Waals surface area (Å²) in [7, 11) is 0. The number of nitrogens with zero attached hydrogens (tertiary/aromatic N) is 3. The number of hydrogen-bond donors (Lipinski definition) is 0. The van der Waals surface area contributed by atoms with Gasteiger partial charge in [-0.25, -0.2) is 4.39 Å². The molecule has 1 aromatic carbocycles. The molecule has 2 heterocycles. The lowest BCUT2D eigenvalue weighted by molar-refractivity contribution is -0.144. The maximum absolute atomic E-state index is 13.7. The molecule has 1 aliphatic rings. The maximum atomic E-state index is 13.7. The maximum Gasteiger partial charge on any atom is 0.257 e. The lowest BCUT2D eigenvalue weighted by atomic mass is 10.2. The van der Waals surface area contributed by atoms with E-state index >= 15 is 0 Å². The summed E-state index contributed by atoms with van der Waals surface area (Å²) in [4.78, 5) is 12.8. The molecule has 0 spiro atoms. The topological polar surface area (TPSA) is 77.7 Å². The molecule has 1 aliphatic heterocycles. The fourth-order valence-electron chi connectivity index (χ4n) is 2.45. The Hall–Kier alpha value is -2.48. The lowest BCUT2D eigenvalue weighted by Crippen LogP contribution is -2.53. The molecule has 25 heavy (non-hydrogen) atoms. The highest BCUT2D eigenvalue weighted by atomic mass is 19.1. The van der Waals surface area contributed by atoms with E-state index < -0.39 is 11.9 Å². The highest BCUT2D eigenvalue weighted by molar-refractivity contribution is 5.74. The molecule has 2 aromatic rings. The average molecular weight is 349 g/mol. The van der Waals surface area contributed by atoms with Crippen LogP contribution in [0.4, 0.5) is 4.39 Å². The number of amides is 1. The van der Waals surface area contributed by atoms with Crippen LogP contribution in [0.5, 0.6) is 5.75 Å². The van der Waals surface area contributed by atoms with Gasteiger partial charge in [0.1, 0.15) is 6.61 Å². The Morgan fingerprint density at radius 3 is 2.84 bits per heavy atom. The Kier molecular flexibility index (Phi) is 5.28. The monoisotopic (exact) mass is 349 g/mol. The highest BCUT2D eigenvalue weighted by Crippen LogP contribution is 2.26. The molecule has 1 saturated heterocycles. The van der Waals surface area contributed by atoms with Gasteiger partial charge in [0.05, 0.1) is 6.10 Å². The Morgan fingerprint density at radius 2 is 2.16 bits per heavy atom. The fraction of sp³-hybridized carbons (Fsp3) is 0.471. The molecule has 0 aliphatic carbocycles. The molecule has 0 bridgehead atoms. The first-order valence-electron chi connectivity index (χ1n) is 8.17. The molecule has 134 valence electrons. The van der Waals surface area contributed by atoms with Gasteiger partial charge < -0.3 is 18.8 Å². The Labute approximate surface area is 144 Å². The van der Waals surface area contributed by atoms with Crippen molar-refractivity contribution >= 4 is 5.91 Å². The molecule has 1 unspecified atom stereocenters. The van der Waals surface area contributed by atoms with Crippen LogP contribution in [0.1, 0.15) is 38.2 Å². The third-order valence-electron chi connectivity index (χ3n) is 3.97. The van der Waals surface area contributed by atoms with E-state index in [1.807, 2.05) is 6.92 Å². The van der Waals surface area contributed by atoms with E-state index in [1.165, 1.54) is 13.0 Å². The van der Waals surface area contributed by atoms with Crippen molar-refractivity contribution < 1.29 is 23.1 Å². The van der Waals surface area contributed by atoms with Crippen LogP contribution in [0.3, 0.4) is 0 Å².